The molecular weight excluding hydrogens is 276 g/mol. The van der Waals surface area contributed by atoms with E-state index in [4.69, 9.17) is 16.7 Å². The predicted molar refractivity (Wildman–Crippen MR) is 67.1 cm³/mol. The van der Waals surface area contributed by atoms with Crippen molar-refractivity contribution >= 4 is 29.2 Å². The van der Waals surface area contributed by atoms with Crippen LogP contribution in [0.2, 0.25) is 5.02 Å². The SMILES string of the molecule is CC(=O)NC(Cc1ccc(Cl)cc1[N+](=O)[O-])C(=O)O. The minimum absolute atomic E-state index is 0.182. The predicted octanol–water partition coefficient (Wildman–Crippen LogP) is 1.38. The number of rotatable bonds is 5. The Labute approximate surface area is 113 Å². The molecule has 1 atom stereocenters. The van der Waals surface area contributed by atoms with Gasteiger partial charge in [0.15, 0.2) is 0 Å². The zero-order valence-corrected chi connectivity index (χ0v) is 10.7. The Kier molecular flexibility index (Phi) is 4.82. The van der Waals surface area contributed by atoms with Crippen LogP contribution in [0.1, 0.15) is 12.5 Å². The summed E-state index contributed by atoms with van der Waals surface area (Å²) in [5, 5.41) is 22.2. The van der Waals surface area contributed by atoms with Gasteiger partial charge in [-0.15, -0.1) is 0 Å². The van der Waals surface area contributed by atoms with E-state index in [9.17, 15) is 19.7 Å². The molecule has 0 aliphatic heterocycles. The van der Waals surface area contributed by atoms with Crippen LogP contribution in [0.5, 0.6) is 0 Å². The van der Waals surface area contributed by atoms with Gasteiger partial charge in [-0.25, -0.2) is 4.79 Å². The van der Waals surface area contributed by atoms with E-state index in [1.165, 1.54) is 19.1 Å². The number of hydrogen-bond donors (Lipinski definition) is 2. The van der Waals surface area contributed by atoms with Crippen LogP contribution in [0.4, 0.5) is 5.69 Å². The van der Waals surface area contributed by atoms with E-state index in [1.54, 1.807) is 0 Å². The molecule has 0 aromatic heterocycles. The summed E-state index contributed by atoms with van der Waals surface area (Å²) in [5.41, 5.74) is -0.0837. The Bertz CT molecular complexity index is 532. The Morgan fingerprint density at radius 3 is 2.63 bits per heavy atom. The van der Waals surface area contributed by atoms with Gasteiger partial charge < -0.3 is 10.4 Å². The summed E-state index contributed by atoms with van der Waals surface area (Å²) in [6.45, 7) is 1.17. The molecule has 0 saturated carbocycles. The van der Waals surface area contributed by atoms with Gasteiger partial charge in [0.1, 0.15) is 6.04 Å². The normalized spacial score (nSPS) is 11.7. The molecule has 0 spiro atoms. The van der Waals surface area contributed by atoms with E-state index in [1.807, 2.05) is 0 Å². The largest absolute Gasteiger partial charge is 0.480 e. The molecule has 102 valence electrons. The number of benzene rings is 1. The van der Waals surface area contributed by atoms with Crippen molar-refractivity contribution in [1.29, 1.82) is 0 Å². The fourth-order valence-corrected chi connectivity index (χ4v) is 1.71. The maximum absolute atomic E-state index is 11.0. The number of nitrogens with one attached hydrogen (secondary N) is 1. The Morgan fingerprint density at radius 1 is 1.53 bits per heavy atom. The highest BCUT2D eigenvalue weighted by Gasteiger charge is 2.23. The molecule has 1 aromatic carbocycles. The average molecular weight is 287 g/mol. The lowest BCUT2D eigenvalue weighted by Gasteiger charge is -2.13. The standard InChI is InChI=1S/C11H11ClN2O5/c1-6(15)13-9(11(16)17)4-7-2-3-8(12)5-10(7)14(18)19/h2-3,5,9H,4H2,1H3,(H,13,15)(H,16,17). The molecule has 0 bridgehead atoms. The van der Waals surface area contributed by atoms with Gasteiger partial charge in [0.05, 0.1) is 4.92 Å². The van der Waals surface area contributed by atoms with E-state index in [2.05, 4.69) is 5.32 Å². The lowest BCUT2D eigenvalue weighted by Crippen LogP contribution is -2.41. The molecule has 8 heteroatoms. The fraction of sp³-hybridized carbons (Fsp3) is 0.273. The number of amides is 1. The number of halogens is 1. The summed E-state index contributed by atoms with van der Waals surface area (Å²) in [5.74, 6) is -1.79. The number of nitrogens with zero attached hydrogens (tertiary/aromatic N) is 1. The number of carbonyl (C=O) groups excluding carboxylic acids is 1. The summed E-state index contributed by atoms with van der Waals surface area (Å²) in [4.78, 5) is 32.1. The van der Waals surface area contributed by atoms with Crippen LogP contribution in [-0.2, 0) is 16.0 Å². The Hall–Kier alpha value is -2.15. The molecule has 1 unspecified atom stereocenters. The highest BCUT2D eigenvalue weighted by atomic mass is 35.5. The van der Waals surface area contributed by atoms with Gasteiger partial charge in [-0.2, -0.15) is 0 Å². The van der Waals surface area contributed by atoms with Crippen molar-refractivity contribution in [3.63, 3.8) is 0 Å². The van der Waals surface area contributed by atoms with Crippen LogP contribution in [0, 0.1) is 10.1 Å². The van der Waals surface area contributed by atoms with Crippen LogP contribution < -0.4 is 5.32 Å². The number of carboxylic acids is 1. The summed E-state index contributed by atoms with van der Waals surface area (Å²) < 4.78 is 0. The number of carbonyl (C=O) groups is 2. The van der Waals surface area contributed by atoms with E-state index in [0.717, 1.165) is 6.07 Å². The second-order valence-electron chi connectivity index (χ2n) is 3.83. The molecule has 0 radical (unpaired) electrons. The van der Waals surface area contributed by atoms with Gasteiger partial charge in [0.25, 0.3) is 5.69 Å². The zero-order valence-electron chi connectivity index (χ0n) is 9.92. The minimum Gasteiger partial charge on any atom is -0.480 e. The summed E-state index contributed by atoms with van der Waals surface area (Å²) in [6, 6.07) is 2.72. The number of nitro benzene ring substituents is 1. The first-order chi connectivity index (χ1) is 8.81. The van der Waals surface area contributed by atoms with Crippen molar-refractivity contribution in [1.82, 2.24) is 5.32 Å². The molecule has 0 fully saturated rings. The third kappa shape index (κ3) is 4.22. The van der Waals surface area contributed by atoms with E-state index < -0.39 is 22.8 Å². The van der Waals surface area contributed by atoms with E-state index in [-0.39, 0.29) is 22.7 Å². The third-order valence-corrected chi connectivity index (χ3v) is 2.58. The Balaban J connectivity index is 3.05. The summed E-state index contributed by atoms with van der Waals surface area (Å²) in [6.07, 6.45) is -0.192. The molecule has 2 N–H and O–H groups in total. The average Bonchev–Trinajstić information content (AvgIpc) is 2.29. The first-order valence-electron chi connectivity index (χ1n) is 5.24. The minimum atomic E-state index is -1.26. The highest BCUT2D eigenvalue weighted by molar-refractivity contribution is 6.30. The first-order valence-corrected chi connectivity index (χ1v) is 5.61. The van der Waals surface area contributed by atoms with Crippen molar-refractivity contribution in [2.45, 2.75) is 19.4 Å². The van der Waals surface area contributed by atoms with Crippen molar-refractivity contribution in [3.8, 4) is 0 Å². The summed E-state index contributed by atoms with van der Waals surface area (Å²) in [7, 11) is 0. The second kappa shape index (κ2) is 6.14. The summed E-state index contributed by atoms with van der Waals surface area (Å²) >= 11 is 5.65. The van der Waals surface area contributed by atoms with Crippen molar-refractivity contribution in [3.05, 3.63) is 38.9 Å². The maximum Gasteiger partial charge on any atom is 0.326 e. The van der Waals surface area contributed by atoms with Gasteiger partial charge in [0.2, 0.25) is 5.91 Å². The lowest BCUT2D eigenvalue weighted by molar-refractivity contribution is -0.385. The smallest absolute Gasteiger partial charge is 0.326 e. The van der Waals surface area contributed by atoms with E-state index >= 15 is 0 Å². The van der Waals surface area contributed by atoms with Crippen molar-refractivity contribution in [2.24, 2.45) is 0 Å². The van der Waals surface area contributed by atoms with Gasteiger partial charge in [-0.1, -0.05) is 17.7 Å². The van der Waals surface area contributed by atoms with Crippen LogP contribution in [0.15, 0.2) is 18.2 Å². The van der Waals surface area contributed by atoms with E-state index in [0.29, 0.717) is 0 Å². The number of nitro groups is 1. The lowest BCUT2D eigenvalue weighted by atomic mass is 10.0. The van der Waals surface area contributed by atoms with Gasteiger partial charge >= 0.3 is 5.97 Å². The molecule has 7 nitrogen and oxygen atoms in total. The third-order valence-electron chi connectivity index (χ3n) is 2.34. The second-order valence-corrected chi connectivity index (χ2v) is 4.26. The number of aliphatic carboxylic acids is 1. The fourth-order valence-electron chi connectivity index (χ4n) is 1.54. The van der Waals surface area contributed by atoms with Gasteiger partial charge in [-0.3, -0.25) is 14.9 Å². The molecule has 0 aliphatic carbocycles. The molecule has 0 saturated heterocycles. The van der Waals surface area contributed by atoms with Crippen molar-refractivity contribution in [2.75, 3.05) is 0 Å². The number of carboxylic acid groups (broad SMARTS) is 1. The van der Waals surface area contributed by atoms with Crippen LogP contribution in [0.25, 0.3) is 0 Å². The zero-order chi connectivity index (χ0) is 14.6. The van der Waals surface area contributed by atoms with Gasteiger partial charge in [0, 0.05) is 30.0 Å². The van der Waals surface area contributed by atoms with Crippen LogP contribution in [0.3, 0.4) is 0 Å². The van der Waals surface area contributed by atoms with Crippen molar-refractivity contribution < 1.29 is 19.6 Å². The maximum atomic E-state index is 11.0. The molecule has 0 aliphatic rings. The van der Waals surface area contributed by atoms with Crippen LogP contribution in [-0.4, -0.2) is 27.9 Å². The molecule has 1 aromatic rings. The molecule has 0 heterocycles. The first kappa shape index (κ1) is 14.9. The number of hydrogen-bond acceptors (Lipinski definition) is 4. The topological polar surface area (TPSA) is 110 Å². The van der Waals surface area contributed by atoms with Crippen LogP contribution >= 0.6 is 11.6 Å². The highest BCUT2D eigenvalue weighted by Crippen LogP contribution is 2.24. The Morgan fingerprint density at radius 2 is 2.16 bits per heavy atom. The molecule has 19 heavy (non-hydrogen) atoms. The molecule has 1 rings (SSSR count). The quantitative estimate of drug-likeness (QED) is 0.627. The molecular formula is C11H11ClN2O5. The molecule has 1 amide bonds. The monoisotopic (exact) mass is 286 g/mol. The van der Waals surface area contributed by atoms with Gasteiger partial charge in [-0.05, 0) is 6.07 Å².